The molecule has 1 aromatic rings. The Morgan fingerprint density at radius 1 is 1.25 bits per heavy atom. The Morgan fingerprint density at radius 3 is 2.25 bits per heavy atom. The van der Waals surface area contributed by atoms with E-state index in [1.54, 1.807) is 26.0 Å². The molecule has 0 saturated carbocycles. The highest BCUT2D eigenvalue weighted by Crippen LogP contribution is 2.36. The average Bonchev–Trinajstić information content (AvgIpc) is 2.26. The molecule has 90 valence electrons. The monoisotopic (exact) mass is 226 g/mol. The van der Waals surface area contributed by atoms with Crippen molar-refractivity contribution in [1.29, 1.82) is 0 Å². The van der Waals surface area contributed by atoms with Crippen LogP contribution in [0.25, 0.3) is 0 Å². The van der Waals surface area contributed by atoms with Crippen molar-refractivity contribution in [3.63, 3.8) is 0 Å². The maximum Gasteiger partial charge on any atom is 0.143 e. The molecule has 5 heteroatoms. The van der Waals surface area contributed by atoms with Crippen LogP contribution in [0.5, 0.6) is 5.75 Å². The third-order valence-corrected chi connectivity index (χ3v) is 2.47. The van der Waals surface area contributed by atoms with Crippen molar-refractivity contribution in [3.8, 4) is 5.75 Å². The van der Waals surface area contributed by atoms with Crippen LogP contribution >= 0.6 is 0 Å². The largest absolute Gasteiger partial charge is 0.495 e. The van der Waals surface area contributed by atoms with Crippen molar-refractivity contribution in [2.24, 2.45) is 5.84 Å². The second-order valence-electron chi connectivity index (χ2n) is 3.64. The fraction of sp³-hybridized carbons (Fsp3) is 0.455. The van der Waals surface area contributed by atoms with Gasteiger partial charge in [-0.25, -0.2) is 0 Å². The van der Waals surface area contributed by atoms with Crippen LogP contribution in [0.2, 0.25) is 0 Å². The lowest BCUT2D eigenvalue weighted by atomic mass is 9.97. The summed E-state index contributed by atoms with van der Waals surface area (Å²) >= 11 is 0. The van der Waals surface area contributed by atoms with E-state index in [2.05, 4.69) is 5.43 Å². The van der Waals surface area contributed by atoms with Gasteiger partial charge in [0.2, 0.25) is 0 Å². The van der Waals surface area contributed by atoms with Crippen LogP contribution in [0.15, 0.2) is 12.1 Å². The van der Waals surface area contributed by atoms with E-state index in [-0.39, 0.29) is 0 Å². The maximum atomic E-state index is 9.72. The van der Waals surface area contributed by atoms with Crippen LogP contribution < -0.4 is 16.0 Å². The normalized spacial score (nSPS) is 14.4. The quantitative estimate of drug-likeness (QED) is 0.456. The Kier molecular flexibility index (Phi) is 4.12. The summed E-state index contributed by atoms with van der Waals surface area (Å²) in [5.74, 6) is 5.94. The Balaban J connectivity index is 3.44. The molecule has 0 spiro atoms. The van der Waals surface area contributed by atoms with Crippen molar-refractivity contribution in [1.82, 2.24) is 0 Å². The molecule has 0 aliphatic heterocycles. The van der Waals surface area contributed by atoms with Gasteiger partial charge in [-0.05, 0) is 25.5 Å². The Hall–Kier alpha value is -1.30. The molecule has 5 nitrogen and oxygen atoms in total. The Bertz CT molecular complexity index is 364. The number of hydrogen-bond donors (Lipinski definition) is 4. The third-order valence-electron chi connectivity index (χ3n) is 2.47. The van der Waals surface area contributed by atoms with Gasteiger partial charge in [-0.15, -0.1) is 0 Å². The number of aliphatic hydroxyl groups is 2. The highest BCUT2D eigenvalue weighted by atomic mass is 16.5. The van der Waals surface area contributed by atoms with Gasteiger partial charge in [-0.1, -0.05) is 6.07 Å². The number of hydrogen-bond acceptors (Lipinski definition) is 5. The minimum absolute atomic E-state index is 0.496. The van der Waals surface area contributed by atoms with E-state index in [9.17, 15) is 10.2 Å². The fourth-order valence-electron chi connectivity index (χ4n) is 1.75. The van der Waals surface area contributed by atoms with E-state index in [1.807, 2.05) is 0 Å². The zero-order valence-electron chi connectivity index (χ0n) is 9.69. The number of methoxy groups -OCH3 is 1. The van der Waals surface area contributed by atoms with Gasteiger partial charge >= 0.3 is 0 Å². The smallest absolute Gasteiger partial charge is 0.143 e. The standard InChI is InChI=1S/C11H18N2O3/c1-6(14)8-4-5-9(16-3)11(13-12)10(8)7(2)15/h4-7,13-15H,12H2,1-3H3. The molecule has 0 bridgehead atoms. The molecule has 2 atom stereocenters. The van der Waals surface area contributed by atoms with Crippen molar-refractivity contribution in [2.45, 2.75) is 26.1 Å². The number of hydrazine groups is 1. The van der Waals surface area contributed by atoms with E-state index in [4.69, 9.17) is 10.6 Å². The van der Waals surface area contributed by atoms with E-state index in [1.165, 1.54) is 7.11 Å². The molecule has 2 unspecified atom stereocenters. The van der Waals surface area contributed by atoms with Gasteiger partial charge in [0.05, 0.1) is 25.0 Å². The van der Waals surface area contributed by atoms with E-state index in [0.717, 1.165) is 0 Å². The minimum atomic E-state index is -0.745. The van der Waals surface area contributed by atoms with Crippen molar-refractivity contribution >= 4 is 5.69 Å². The summed E-state index contributed by atoms with van der Waals surface area (Å²) < 4.78 is 5.13. The number of anilines is 1. The average molecular weight is 226 g/mol. The number of rotatable bonds is 4. The first kappa shape index (κ1) is 12.8. The van der Waals surface area contributed by atoms with Gasteiger partial charge in [0.15, 0.2) is 0 Å². The third kappa shape index (κ3) is 2.27. The van der Waals surface area contributed by atoms with E-state index in [0.29, 0.717) is 22.6 Å². The van der Waals surface area contributed by atoms with Crippen LogP contribution in [0, 0.1) is 0 Å². The lowest BCUT2D eigenvalue weighted by Crippen LogP contribution is -2.14. The van der Waals surface area contributed by atoms with Gasteiger partial charge < -0.3 is 20.4 Å². The van der Waals surface area contributed by atoms with Crippen molar-refractivity contribution in [3.05, 3.63) is 23.3 Å². The molecule has 0 amide bonds. The van der Waals surface area contributed by atoms with Crippen LogP contribution in [-0.4, -0.2) is 17.3 Å². The predicted molar refractivity (Wildman–Crippen MR) is 62.1 cm³/mol. The zero-order chi connectivity index (χ0) is 12.3. The lowest BCUT2D eigenvalue weighted by Gasteiger charge is -2.20. The number of nitrogens with one attached hydrogen (secondary N) is 1. The number of aliphatic hydroxyl groups excluding tert-OH is 2. The molecule has 0 aliphatic carbocycles. The highest BCUT2D eigenvalue weighted by Gasteiger charge is 2.19. The molecular formula is C11H18N2O3. The van der Waals surface area contributed by atoms with Crippen molar-refractivity contribution in [2.75, 3.05) is 12.5 Å². The molecule has 0 saturated heterocycles. The van der Waals surface area contributed by atoms with Crippen LogP contribution in [0.3, 0.4) is 0 Å². The van der Waals surface area contributed by atoms with Gasteiger partial charge in [0.25, 0.3) is 0 Å². The Labute approximate surface area is 94.8 Å². The maximum absolute atomic E-state index is 9.72. The molecule has 16 heavy (non-hydrogen) atoms. The first-order chi connectivity index (χ1) is 7.52. The first-order valence-corrected chi connectivity index (χ1v) is 5.06. The summed E-state index contributed by atoms with van der Waals surface area (Å²) in [6.45, 7) is 3.25. The van der Waals surface area contributed by atoms with Gasteiger partial charge in [-0.3, -0.25) is 5.84 Å². The molecular weight excluding hydrogens is 208 g/mol. The topological polar surface area (TPSA) is 87.7 Å². The zero-order valence-corrected chi connectivity index (χ0v) is 9.69. The summed E-state index contributed by atoms with van der Waals surface area (Å²) in [4.78, 5) is 0. The molecule has 0 radical (unpaired) electrons. The summed E-state index contributed by atoms with van der Waals surface area (Å²) in [6, 6.07) is 3.41. The first-order valence-electron chi connectivity index (χ1n) is 5.06. The molecule has 0 aromatic heterocycles. The second-order valence-corrected chi connectivity index (χ2v) is 3.64. The summed E-state index contributed by atoms with van der Waals surface area (Å²) in [7, 11) is 1.52. The molecule has 1 aromatic carbocycles. The van der Waals surface area contributed by atoms with Crippen LogP contribution in [0.1, 0.15) is 37.2 Å². The minimum Gasteiger partial charge on any atom is -0.495 e. The van der Waals surface area contributed by atoms with Gasteiger partial charge in [-0.2, -0.15) is 0 Å². The number of nitrogen functional groups attached to an aromatic ring is 1. The lowest BCUT2D eigenvalue weighted by molar-refractivity contribution is 0.175. The summed E-state index contributed by atoms with van der Waals surface area (Å²) in [5.41, 5.74) is 4.17. The molecule has 5 N–H and O–H groups in total. The number of benzene rings is 1. The molecule has 0 aliphatic rings. The van der Waals surface area contributed by atoms with Crippen molar-refractivity contribution < 1.29 is 14.9 Å². The van der Waals surface area contributed by atoms with Crippen LogP contribution in [-0.2, 0) is 0 Å². The molecule has 0 heterocycles. The predicted octanol–water partition coefficient (Wildman–Crippen LogP) is 1.09. The highest BCUT2D eigenvalue weighted by molar-refractivity contribution is 5.65. The second kappa shape index (κ2) is 5.16. The van der Waals surface area contributed by atoms with E-state index < -0.39 is 12.2 Å². The number of nitrogens with two attached hydrogens (primary N) is 1. The molecule has 1 rings (SSSR count). The summed E-state index contributed by atoms with van der Waals surface area (Å²) in [5, 5.41) is 19.3. The van der Waals surface area contributed by atoms with E-state index >= 15 is 0 Å². The number of ether oxygens (including phenoxy) is 1. The SMILES string of the molecule is COc1ccc(C(C)O)c(C(C)O)c1NN. The fourth-order valence-corrected chi connectivity index (χ4v) is 1.75. The van der Waals surface area contributed by atoms with Gasteiger partial charge in [0.1, 0.15) is 5.75 Å². The van der Waals surface area contributed by atoms with Crippen LogP contribution in [0.4, 0.5) is 5.69 Å². The molecule has 0 fully saturated rings. The summed E-state index contributed by atoms with van der Waals surface area (Å²) in [6.07, 6.45) is -1.42. The Morgan fingerprint density at radius 2 is 1.88 bits per heavy atom. The van der Waals surface area contributed by atoms with Gasteiger partial charge in [0, 0.05) is 5.56 Å².